The lowest BCUT2D eigenvalue weighted by Crippen LogP contribution is -2.42. The Morgan fingerprint density at radius 2 is 1.91 bits per heavy atom. The molecule has 23 heavy (non-hydrogen) atoms. The number of sulfonamides is 1. The summed E-state index contributed by atoms with van der Waals surface area (Å²) in [6.45, 7) is 2.92. The van der Waals surface area contributed by atoms with Crippen LogP contribution in [-0.2, 0) is 14.8 Å². The molecule has 1 aliphatic heterocycles. The first-order valence-corrected chi connectivity index (χ1v) is 9.22. The van der Waals surface area contributed by atoms with Gasteiger partial charge in [-0.1, -0.05) is 35.9 Å². The van der Waals surface area contributed by atoms with Crippen molar-refractivity contribution < 1.29 is 13.2 Å². The van der Waals surface area contributed by atoms with Crippen molar-refractivity contribution in [1.29, 1.82) is 0 Å². The van der Waals surface area contributed by atoms with Gasteiger partial charge in [0.15, 0.2) is 0 Å². The molecular weight excluding hydrogens is 334 g/mol. The van der Waals surface area contributed by atoms with Crippen LogP contribution in [0.5, 0.6) is 0 Å². The second-order valence-electron chi connectivity index (χ2n) is 5.59. The van der Waals surface area contributed by atoms with E-state index in [0.717, 1.165) is 11.1 Å². The van der Waals surface area contributed by atoms with Gasteiger partial charge in [-0.25, -0.2) is 8.42 Å². The van der Waals surface area contributed by atoms with Crippen molar-refractivity contribution in [3.8, 4) is 0 Å². The van der Waals surface area contributed by atoms with Gasteiger partial charge in [0.1, 0.15) is 0 Å². The minimum atomic E-state index is -3.51. The van der Waals surface area contributed by atoms with Crippen molar-refractivity contribution in [2.45, 2.75) is 17.9 Å². The normalized spacial score (nSPS) is 19.7. The van der Waals surface area contributed by atoms with E-state index in [1.54, 1.807) is 30.3 Å². The summed E-state index contributed by atoms with van der Waals surface area (Å²) in [5.74, 6) is 0. The SMILES string of the molecule is Cc1cccc(S(=O)(=O)N2CCOC(c3ccc(Cl)cc3)C2)c1. The number of morpholine rings is 1. The van der Waals surface area contributed by atoms with E-state index >= 15 is 0 Å². The van der Waals surface area contributed by atoms with Crippen LogP contribution < -0.4 is 0 Å². The Kier molecular flexibility index (Phi) is 4.73. The first kappa shape index (κ1) is 16.5. The van der Waals surface area contributed by atoms with Gasteiger partial charge in [-0.2, -0.15) is 4.31 Å². The van der Waals surface area contributed by atoms with Gasteiger partial charge < -0.3 is 4.74 Å². The number of benzene rings is 2. The number of hydrogen-bond donors (Lipinski definition) is 0. The summed E-state index contributed by atoms with van der Waals surface area (Å²) < 4.78 is 32.9. The zero-order valence-corrected chi connectivity index (χ0v) is 14.3. The fraction of sp³-hybridized carbons (Fsp3) is 0.294. The van der Waals surface area contributed by atoms with E-state index in [0.29, 0.717) is 29.6 Å². The standard InChI is InChI=1S/C17H18ClNO3S/c1-13-3-2-4-16(11-13)23(20,21)19-9-10-22-17(12-19)14-5-7-15(18)8-6-14/h2-8,11,17H,9-10,12H2,1H3. The van der Waals surface area contributed by atoms with E-state index in [1.165, 1.54) is 4.31 Å². The molecule has 1 unspecified atom stereocenters. The summed E-state index contributed by atoms with van der Waals surface area (Å²) in [6, 6.07) is 14.3. The Bertz CT molecular complexity index is 790. The van der Waals surface area contributed by atoms with Gasteiger partial charge >= 0.3 is 0 Å². The molecule has 122 valence electrons. The van der Waals surface area contributed by atoms with Crippen LogP contribution in [0, 0.1) is 6.92 Å². The molecular formula is C17H18ClNO3S. The molecule has 0 bridgehead atoms. The van der Waals surface area contributed by atoms with Crippen LogP contribution in [0.4, 0.5) is 0 Å². The molecule has 1 aliphatic rings. The second-order valence-corrected chi connectivity index (χ2v) is 7.96. The minimum absolute atomic E-state index is 0.277. The molecule has 0 spiro atoms. The Labute approximate surface area is 141 Å². The van der Waals surface area contributed by atoms with Crippen molar-refractivity contribution in [3.63, 3.8) is 0 Å². The van der Waals surface area contributed by atoms with Gasteiger partial charge in [0, 0.05) is 18.1 Å². The molecule has 3 rings (SSSR count). The second kappa shape index (κ2) is 6.61. The van der Waals surface area contributed by atoms with Crippen LogP contribution in [0.1, 0.15) is 17.2 Å². The predicted octanol–water partition coefficient (Wildman–Crippen LogP) is 3.41. The summed E-state index contributed by atoms with van der Waals surface area (Å²) in [4.78, 5) is 0.328. The maximum Gasteiger partial charge on any atom is 0.243 e. The number of aryl methyl sites for hydroxylation is 1. The first-order valence-electron chi connectivity index (χ1n) is 7.41. The topological polar surface area (TPSA) is 46.6 Å². The third-order valence-electron chi connectivity index (χ3n) is 3.90. The first-order chi connectivity index (χ1) is 11.0. The van der Waals surface area contributed by atoms with Gasteiger partial charge in [0.2, 0.25) is 10.0 Å². The quantitative estimate of drug-likeness (QED) is 0.851. The molecule has 1 fully saturated rings. The summed E-state index contributed by atoms with van der Waals surface area (Å²) in [7, 11) is -3.51. The molecule has 4 nitrogen and oxygen atoms in total. The fourth-order valence-electron chi connectivity index (χ4n) is 2.65. The number of halogens is 1. The van der Waals surface area contributed by atoms with E-state index in [2.05, 4.69) is 0 Å². The van der Waals surface area contributed by atoms with Crippen molar-refractivity contribution in [2.24, 2.45) is 0 Å². The molecule has 0 radical (unpaired) electrons. The summed E-state index contributed by atoms with van der Waals surface area (Å²) >= 11 is 5.90. The van der Waals surface area contributed by atoms with E-state index in [-0.39, 0.29) is 6.10 Å². The number of ether oxygens (including phenoxy) is 1. The average molecular weight is 352 g/mol. The molecule has 0 aliphatic carbocycles. The lowest BCUT2D eigenvalue weighted by atomic mass is 10.1. The van der Waals surface area contributed by atoms with Crippen LogP contribution in [-0.4, -0.2) is 32.4 Å². The smallest absolute Gasteiger partial charge is 0.243 e. The van der Waals surface area contributed by atoms with Crippen molar-refractivity contribution in [2.75, 3.05) is 19.7 Å². The zero-order chi connectivity index (χ0) is 16.4. The van der Waals surface area contributed by atoms with Gasteiger partial charge in [-0.15, -0.1) is 0 Å². The zero-order valence-electron chi connectivity index (χ0n) is 12.8. The molecule has 6 heteroatoms. The molecule has 2 aromatic rings. The summed E-state index contributed by atoms with van der Waals surface area (Å²) in [5, 5.41) is 0.647. The van der Waals surface area contributed by atoms with Crippen LogP contribution in [0.15, 0.2) is 53.4 Å². The van der Waals surface area contributed by atoms with E-state index < -0.39 is 10.0 Å². The predicted molar refractivity (Wildman–Crippen MR) is 90.1 cm³/mol. The van der Waals surface area contributed by atoms with E-state index in [4.69, 9.17) is 16.3 Å². The third-order valence-corrected chi connectivity index (χ3v) is 6.01. The highest BCUT2D eigenvalue weighted by atomic mass is 35.5. The van der Waals surface area contributed by atoms with Crippen LogP contribution in [0.2, 0.25) is 5.02 Å². The number of nitrogens with zero attached hydrogens (tertiary/aromatic N) is 1. The highest BCUT2D eigenvalue weighted by Gasteiger charge is 2.31. The maximum atomic E-state index is 12.8. The van der Waals surface area contributed by atoms with Gasteiger partial charge in [-0.3, -0.25) is 0 Å². The third kappa shape index (κ3) is 3.58. The molecule has 0 aromatic heterocycles. The van der Waals surface area contributed by atoms with Crippen LogP contribution in [0.25, 0.3) is 0 Å². The lowest BCUT2D eigenvalue weighted by molar-refractivity contribution is -0.00255. The maximum absolute atomic E-state index is 12.8. The highest BCUT2D eigenvalue weighted by Crippen LogP contribution is 2.27. The Morgan fingerprint density at radius 3 is 2.61 bits per heavy atom. The Balaban J connectivity index is 1.84. The van der Waals surface area contributed by atoms with Gasteiger partial charge in [-0.05, 0) is 42.3 Å². The van der Waals surface area contributed by atoms with Crippen LogP contribution in [0.3, 0.4) is 0 Å². The van der Waals surface area contributed by atoms with Crippen LogP contribution >= 0.6 is 11.6 Å². The van der Waals surface area contributed by atoms with Crippen molar-refractivity contribution >= 4 is 21.6 Å². The fourth-order valence-corrected chi connectivity index (χ4v) is 4.30. The van der Waals surface area contributed by atoms with E-state index in [1.807, 2.05) is 25.1 Å². The minimum Gasteiger partial charge on any atom is -0.371 e. The van der Waals surface area contributed by atoms with Crippen molar-refractivity contribution in [3.05, 3.63) is 64.7 Å². The molecule has 1 heterocycles. The number of hydrogen-bond acceptors (Lipinski definition) is 3. The summed E-state index contributed by atoms with van der Waals surface area (Å²) in [6.07, 6.45) is -0.277. The Hall–Kier alpha value is -1.40. The monoisotopic (exact) mass is 351 g/mol. The number of rotatable bonds is 3. The molecule has 0 saturated carbocycles. The highest BCUT2D eigenvalue weighted by molar-refractivity contribution is 7.89. The largest absolute Gasteiger partial charge is 0.371 e. The molecule has 1 atom stereocenters. The van der Waals surface area contributed by atoms with Gasteiger partial charge in [0.05, 0.1) is 17.6 Å². The molecule has 1 saturated heterocycles. The molecule has 2 aromatic carbocycles. The molecule has 0 N–H and O–H groups in total. The average Bonchev–Trinajstić information content (AvgIpc) is 2.56. The van der Waals surface area contributed by atoms with Gasteiger partial charge in [0.25, 0.3) is 0 Å². The summed E-state index contributed by atoms with van der Waals surface area (Å²) in [5.41, 5.74) is 1.85. The van der Waals surface area contributed by atoms with Crippen molar-refractivity contribution in [1.82, 2.24) is 4.31 Å². The lowest BCUT2D eigenvalue weighted by Gasteiger charge is -2.32. The Morgan fingerprint density at radius 1 is 1.17 bits per heavy atom. The van der Waals surface area contributed by atoms with E-state index in [9.17, 15) is 8.42 Å². The molecule has 0 amide bonds.